The van der Waals surface area contributed by atoms with Crippen LogP contribution in [0.25, 0.3) is 0 Å². The number of carbonyl (C=O) groups excluding carboxylic acids is 2. The van der Waals surface area contributed by atoms with E-state index in [0.29, 0.717) is 12.0 Å². The molecule has 2 rings (SSSR count). The molecule has 4 heteroatoms. The molecule has 0 aromatic heterocycles. The van der Waals surface area contributed by atoms with Gasteiger partial charge in [-0.2, -0.15) is 0 Å². The summed E-state index contributed by atoms with van der Waals surface area (Å²) < 4.78 is 0. The average Bonchev–Trinajstić information content (AvgIpc) is 3.00. The quantitative estimate of drug-likeness (QED) is 0.403. The Bertz CT molecular complexity index is 375. The van der Waals surface area contributed by atoms with Gasteiger partial charge in [-0.15, -0.1) is 0 Å². The van der Waals surface area contributed by atoms with Gasteiger partial charge in [0.1, 0.15) is 0 Å². The van der Waals surface area contributed by atoms with Crippen LogP contribution in [0.3, 0.4) is 0 Å². The van der Waals surface area contributed by atoms with Crippen molar-refractivity contribution >= 4 is 12.3 Å². The van der Waals surface area contributed by atoms with Gasteiger partial charge in [-0.05, 0) is 44.4 Å². The highest BCUT2D eigenvalue weighted by Crippen LogP contribution is 2.33. The first kappa shape index (κ1) is 16.1. The van der Waals surface area contributed by atoms with Crippen molar-refractivity contribution in [3.63, 3.8) is 0 Å². The van der Waals surface area contributed by atoms with E-state index in [2.05, 4.69) is 17.5 Å². The highest BCUT2D eigenvalue weighted by Gasteiger charge is 2.37. The van der Waals surface area contributed by atoms with E-state index in [4.69, 9.17) is 0 Å². The van der Waals surface area contributed by atoms with Gasteiger partial charge >= 0.3 is 0 Å². The number of hydrogen-bond acceptors (Lipinski definition) is 2. The van der Waals surface area contributed by atoms with Gasteiger partial charge < -0.3 is 10.2 Å². The molecule has 0 spiro atoms. The Balaban J connectivity index is 1.51. The summed E-state index contributed by atoms with van der Waals surface area (Å²) in [6.07, 6.45) is 14.3. The minimum absolute atomic E-state index is 0.282. The van der Waals surface area contributed by atoms with E-state index in [-0.39, 0.29) is 11.8 Å². The molecular formula is C17H28N2O2. The van der Waals surface area contributed by atoms with Crippen LogP contribution >= 0.6 is 0 Å². The van der Waals surface area contributed by atoms with Crippen molar-refractivity contribution in [2.75, 3.05) is 13.6 Å². The lowest BCUT2D eigenvalue weighted by molar-refractivity contribution is -0.125. The molecule has 2 fully saturated rings. The van der Waals surface area contributed by atoms with Gasteiger partial charge in [0.25, 0.3) is 0 Å². The number of carbonyl (C=O) groups is 2. The number of nitrogens with zero attached hydrogens (tertiary/aromatic N) is 1. The molecule has 0 bridgehead atoms. The fourth-order valence-corrected chi connectivity index (χ4v) is 3.03. The molecule has 2 atom stereocenters. The maximum Gasteiger partial charge on any atom is 0.223 e. The van der Waals surface area contributed by atoms with Crippen molar-refractivity contribution < 1.29 is 9.59 Å². The molecule has 0 aromatic rings. The maximum absolute atomic E-state index is 12.0. The van der Waals surface area contributed by atoms with Crippen molar-refractivity contribution in [2.24, 2.45) is 11.8 Å². The molecule has 0 aliphatic heterocycles. The van der Waals surface area contributed by atoms with Crippen LogP contribution in [-0.2, 0) is 9.59 Å². The molecule has 2 aliphatic rings. The predicted molar refractivity (Wildman–Crippen MR) is 83.7 cm³/mol. The highest BCUT2D eigenvalue weighted by atomic mass is 16.2. The zero-order valence-corrected chi connectivity index (χ0v) is 13.1. The smallest absolute Gasteiger partial charge is 0.223 e. The monoisotopic (exact) mass is 292 g/mol. The zero-order valence-electron chi connectivity index (χ0n) is 13.1. The van der Waals surface area contributed by atoms with Gasteiger partial charge in [0.05, 0.1) is 0 Å². The van der Waals surface area contributed by atoms with Crippen LogP contribution in [0.5, 0.6) is 0 Å². The topological polar surface area (TPSA) is 49.4 Å². The summed E-state index contributed by atoms with van der Waals surface area (Å²) in [4.78, 5) is 24.1. The molecule has 0 unspecified atom stereocenters. The van der Waals surface area contributed by atoms with E-state index in [9.17, 15) is 9.59 Å². The van der Waals surface area contributed by atoms with Crippen molar-refractivity contribution in [3.8, 4) is 0 Å². The number of amides is 2. The van der Waals surface area contributed by atoms with Gasteiger partial charge in [-0.1, -0.05) is 25.0 Å². The Morgan fingerprint density at radius 2 is 2.05 bits per heavy atom. The summed E-state index contributed by atoms with van der Waals surface area (Å²) in [6.45, 7) is 0.834. The molecule has 0 radical (unpaired) electrons. The second kappa shape index (κ2) is 8.20. The Kier molecular flexibility index (Phi) is 6.27. The third kappa shape index (κ3) is 5.52. The Hall–Kier alpha value is -1.32. The summed E-state index contributed by atoms with van der Waals surface area (Å²) in [5.74, 6) is 1.11. The fraction of sp³-hybridized carbons (Fsp3) is 0.765. The average molecular weight is 292 g/mol. The molecule has 2 aliphatic carbocycles. The van der Waals surface area contributed by atoms with E-state index in [1.807, 2.05) is 7.05 Å². The number of rotatable bonds is 9. The molecule has 2 amide bonds. The normalized spacial score (nSPS) is 25.2. The van der Waals surface area contributed by atoms with E-state index in [0.717, 1.165) is 51.5 Å². The number of unbranched alkanes of at least 4 members (excludes halogenated alkanes) is 2. The fourth-order valence-electron chi connectivity index (χ4n) is 3.03. The third-order valence-corrected chi connectivity index (χ3v) is 4.59. The maximum atomic E-state index is 12.0. The molecular weight excluding hydrogens is 264 g/mol. The second-order valence-corrected chi connectivity index (χ2v) is 6.51. The van der Waals surface area contributed by atoms with Crippen LogP contribution < -0.4 is 5.32 Å². The minimum atomic E-state index is 0.282. The third-order valence-electron chi connectivity index (χ3n) is 4.59. The summed E-state index contributed by atoms with van der Waals surface area (Å²) >= 11 is 0. The van der Waals surface area contributed by atoms with Gasteiger partial charge in [-0.25, -0.2) is 0 Å². The molecule has 0 saturated heterocycles. The Morgan fingerprint density at radius 3 is 2.76 bits per heavy atom. The molecule has 4 nitrogen and oxygen atoms in total. The number of hydrogen-bond donors (Lipinski definition) is 1. The van der Waals surface area contributed by atoms with Crippen molar-refractivity contribution in [2.45, 2.75) is 57.4 Å². The van der Waals surface area contributed by atoms with Crippen LogP contribution in [0.4, 0.5) is 0 Å². The summed E-state index contributed by atoms with van der Waals surface area (Å²) in [7, 11) is 1.81. The lowest BCUT2D eigenvalue weighted by atomic mass is 10.1. The second-order valence-electron chi connectivity index (χ2n) is 6.51. The van der Waals surface area contributed by atoms with E-state index >= 15 is 0 Å². The number of nitrogens with one attached hydrogen (secondary N) is 1. The van der Waals surface area contributed by atoms with E-state index in [1.165, 1.54) is 12.8 Å². The van der Waals surface area contributed by atoms with E-state index in [1.54, 1.807) is 4.90 Å². The summed E-state index contributed by atoms with van der Waals surface area (Å²) in [5.41, 5.74) is 0. The molecule has 21 heavy (non-hydrogen) atoms. The van der Waals surface area contributed by atoms with Crippen molar-refractivity contribution in [1.29, 1.82) is 0 Å². The van der Waals surface area contributed by atoms with Crippen molar-refractivity contribution in [3.05, 3.63) is 12.2 Å². The van der Waals surface area contributed by atoms with Gasteiger partial charge in [0, 0.05) is 25.6 Å². The molecule has 1 N–H and O–H groups in total. The van der Waals surface area contributed by atoms with Crippen LogP contribution in [0.1, 0.15) is 51.4 Å². The molecule has 118 valence electrons. The first-order valence-corrected chi connectivity index (χ1v) is 8.33. The van der Waals surface area contributed by atoms with Crippen LogP contribution in [0, 0.1) is 11.8 Å². The minimum Gasteiger partial charge on any atom is -0.353 e. The Morgan fingerprint density at radius 1 is 1.29 bits per heavy atom. The van der Waals surface area contributed by atoms with Crippen molar-refractivity contribution in [1.82, 2.24) is 10.2 Å². The standard InChI is InChI=1S/C17H28N2O2/c1-19(13-20)11-7-3-2-4-10-15-12-16(15)18-17(21)14-8-5-6-9-14/h4,10,13-16H,2-3,5-9,11-12H2,1H3,(H,18,21)/b10-4+/t15-,16-/m1/s1. The first-order chi connectivity index (χ1) is 10.2. The van der Waals surface area contributed by atoms with Crippen LogP contribution in [0.15, 0.2) is 12.2 Å². The number of allylic oxidation sites excluding steroid dienone is 1. The van der Waals surface area contributed by atoms with E-state index < -0.39 is 0 Å². The summed E-state index contributed by atoms with van der Waals surface area (Å²) in [5, 5.41) is 3.18. The molecule has 2 saturated carbocycles. The Labute approximate surface area is 128 Å². The van der Waals surface area contributed by atoms with Gasteiger partial charge in [0.2, 0.25) is 12.3 Å². The van der Waals surface area contributed by atoms with Crippen LogP contribution in [0.2, 0.25) is 0 Å². The predicted octanol–water partition coefficient (Wildman–Crippen LogP) is 2.50. The lowest BCUT2D eigenvalue weighted by Gasteiger charge is -2.09. The lowest BCUT2D eigenvalue weighted by Crippen LogP contribution is -2.31. The first-order valence-electron chi connectivity index (χ1n) is 8.33. The molecule has 0 heterocycles. The SMILES string of the molecule is CN(C=O)CCCC/C=C/[C@@H]1C[C@H]1NC(=O)C1CCCC1. The molecule has 0 aromatic carbocycles. The zero-order chi connectivity index (χ0) is 15.1. The van der Waals surface area contributed by atoms with Gasteiger partial charge in [0.15, 0.2) is 0 Å². The highest BCUT2D eigenvalue weighted by molar-refractivity contribution is 5.79. The summed E-state index contributed by atoms with van der Waals surface area (Å²) in [6, 6.07) is 0.385. The largest absolute Gasteiger partial charge is 0.353 e. The van der Waals surface area contributed by atoms with Gasteiger partial charge in [-0.3, -0.25) is 9.59 Å². The van der Waals surface area contributed by atoms with Crippen LogP contribution in [-0.4, -0.2) is 36.9 Å².